The maximum Gasteiger partial charge on any atom is 0.343 e. The van der Waals surface area contributed by atoms with Gasteiger partial charge in [0.25, 0.3) is 0 Å². The molecule has 0 N–H and O–H groups in total. The van der Waals surface area contributed by atoms with Crippen molar-refractivity contribution in [3.8, 4) is 5.75 Å². The smallest absolute Gasteiger partial charge is 0.343 e. The number of carbonyl (C=O) groups excluding carboxylic acids is 1. The summed E-state index contributed by atoms with van der Waals surface area (Å²) in [6.07, 6.45) is 0. The van der Waals surface area contributed by atoms with E-state index >= 15 is 0 Å². The number of carbonyl (C=O) groups is 1. The number of hydrogen-bond donors (Lipinski definition) is 0. The maximum atomic E-state index is 12.2. The minimum Gasteiger partial charge on any atom is -0.423 e. The molecule has 0 amide bonds. The zero-order chi connectivity index (χ0) is 15.4. The van der Waals surface area contributed by atoms with Gasteiger partial charge in [0.15, 0.2) is 0 Å². The first-order valence-electron chi connectivity index (χ1n) is 7.40. The van der Waals surface area contributed by atoms with E-state index in [4.69, 9.17) is 4.74 Å². The van der Waals surface area contributed by atoms with Crippen LogP contribution < -0.4 is 4.74 Å². The fourth-order valence-corrected chi connectivity index (χ4v) is 2.21. The van der Waals surface area contributed by atoms with Crippen molar-refractivity contribution in [2.45, 2.75) is 39.5 Å². The molecule has 2 aromatic rings. The van der Waals surface area contributed by atoms with Crippen molar-refractivity contribution in [1.29, 1.82) is 0 Å². The Balaban J connectivity index is 2.18. The summed E-state index contributed by atoms with van der Waals surface area (Å²) in [6, 6.07) is 15.3. The second-order valence-corrected chi connectivity index (χ2v) is 5.86. The standard InChI is InChI=1S/C19H22O2/c1-13(2)15-9-11-16(12-10-15)19(20)21-18-8-6-5-7-17(18)14(3)4/h5-14H,1-4H3. The Labute approximate surface area is 126 Å². The second kappa shape index (κ2) is 6.57. The molecule has 0 aliphatic heterocycles. The fraction of sp³-hybridized carbons (Fsp3) is 0.316. The molecule has 0 spiro atoms. The normalized spacial score (nSPS) is 11.0. The molecule has 0 saturated carbocycles. The summed E-state index contributed by atoms with van der Waals surface area (Å²) >= 11 is 0. The monoisotopic (exact) mass is 282 g/mol. The van der Waals surface area contributed by atoms with Gasteiger partial charge in [-0.1, -0.05) is 58.0 Å². The number of hydrogen-bond acceptors (Lipinski definition) is 2. The molecule has 0 saturated heterocycles. The van der Waals surface area contributed by atoms with Crippen molar-refractivity contribution in [1.82, 2.24) is 0 Å². The Kier molecular flexibility index (Phi) is 4.79. The topological polar surface area (TPSA) is 26.3 Å². The molecule has 2 aromatic carbocycles. The van der Waals surface area contributed by atoms with Gasteiger partial charge >= 0.3 is 5.97 Å². The van der Waals surface area contributed by atoms with Crippen LogP contribution in [0.1, 0.15) is 61.0 Å². The molecule has 2 nitrogen and oxygen atoms in total. The molecular weight excluding hydrogens is 260 g/mol. The van der Waals surface area contributed by atoms with Gasteiger partial charge in [-0.05, 0) is 41.2 Å². The zero-order valence-corrected chi connectivity index (χ0v) is 13.1. The Bertz CT molecular complexity index is 610. The molecule has 0 heterocycles. The molecular formula is C19H22O2. The van der Waals surface area contributed by atoms with Crippen molar-refractivity contribution in [3.63, 3.8) is 0 Å². The molecule has 2 rings (SSSR count). The largest absolute Gasteiger partial charge is 0.423 e. The van der Waals surface area contributed by atoms with Crippen LogP contribution in [0.2, 0.25) is 0 Å². The van der Waals surface area contributed by atoms with Crippen LogP contribution in [0.5, 0.6) is 5.75 Å². The molecule has 0 aromatic heterocycles. The van der Waals surface area contributed by atoms with E-state index < -0.39 is 0 Å². The lowest BCUT2D eigenvalue weighted by Gasteiger charge is -2.13. The van der Waals surface area contributed by atoms with Gasteiger partial charge in [-0.25, -0.2) is 4.79 Å². The van der Waals surface area contributed by atoms with Crippen LogP contribution in [0.4, 0.5) is 0 Å². The summed E-state index contributed by atoms with van der Waals surface area (Å²) in [4.78, 5) is 12.2. The SMILES string of the molecule is CC(C)c1ccc(C(=O)Oc2ccccc2C(C)C)cc1. The second-order valence-electron chi connectivity index (χ2n) is 5.86. The number of ether oxygens (including phenoxy) is 1. The number of esters is 1. The molecule has 110 valence electrons. The van der Waals surface area contributed by atoms with Gasteiger partial charge in [-0.15, -0.1) is 0 Å². The fourth-order valence-electron chi connectivity index (χ4n) is 2.21. The molecule has 0 aliphatic carbocycles. The highest BCUT2D eigenvalue weighted by Crippen LogP contribution is 2.26. The molecule has 0 radical (unpaired) electrons. The van der Waals surface area contributed by atoms with E-state index in [1.54, 1.807) is 0 Å². The third-order valence-electron chi connectivity index (χ3n) is 3.56. The van der Waals surface area contributed by atoms with Crippen LogP contribution in [0.3, 0.4) is 0 Å². The third kappa shape index (κ3) is 3.72. The zero-order valence-electron chi connectivity index (χ0n) is 13.1. The predicted octanol–water partition coefficient (Wildman–Crippen LogP) is 5.15. The van der Waals surface area contributed by atoms with Crippen molar-refractivity contribution in [2.75, 3.05) is 0 Å². The van der Waals surface area contributed by atoms with Gasteiger partial charge in [-0.3, -0.25) is 0 Å². The van der Waals surface area contributed by atoms with E-state index in [1.165, 1.54) is 5.56 Å². The Morgan fingerprint density at radius 1 is 0.857 bits per heavy atom. The van der Waals surface area contributed by atoms with Crippen LogP contribution >= 0.6 is 0 Å². The summed E-state index contributed by atoms with van der Waals surface area (Å²) in [7, 11) is 0. The molecule has 21 heavy (non-hydrogen) atoms. The lowest BCUT2D eigenvalue weighted by molar-refractivity contribution is 0.0733. The van der Waals surface area contributed by atoms with Crippen LogP contribution in [0, 0.1) is 0 Å². The third-order valence-corrected chi connectivity index (χ3v) is 3.56. The maximum absolute atomic E-state index is 12.2. The van der Waals surface area contributed by atoms with Crippen molar-refractivity contribution in [2.24, 2.45) is 0 Å². The van der Waals surface area contributed by atoms with Gasteiger partial charge < -0.3 is 4.74 Å². The minimum atomic E-state index is -0.307. The summed E-state index contributed by atoms with van der Waals surface area (Å²) in [5, 5.41) is 0. The van der Waals surface area contributed by atoms with E-state index in [2.05, 4.69) is 27.7 Å². The predicted molar refractivity (Wildman–Crippen MR) is 86.0 cm³/mol. The van der Waals surface area contributed by atoms with E-state index in [0.717, 1.165) is 5.56 Å². The lowest BCUT2D eigenvalue weighted by atomic mass is 10.0. The van der Waals surface area contributed by atoms with Crippen LogP contribution in [-0.2, 0) is 0 Å². The van der Waals surface area contributed by atoms with E-state index in [9.17, 15) is 4.79 Å². The first-order valence-corrected chi connectivity index (χ1v) is 7.40. The molecule has 0 unspecified atom stereocenters. The average Bonchev–Trinajstić information content (AvgIpc) is 2.47. The van der Waals surface area contributed by atoms with Crippen LogP contribution in [0.25, 0.3) is 0 Å². The summed E-state index contributed by atoms with van der Waals surface area (Å²) in [6.45, 7) is 8.44. The molecule has 0 aliphatic rings. The molecule has 0 atom stereocenters. The number of benzene rings is 2. The van der Waals surface area contributed by atoms with Crippen LogP contribution in [-0.4, -0.2) is 5.97 Å². The van der Waals surface area contributed by atoms with E-state index in [1.807, 2.05) is 48.5 Å². The quantitative estimate of drug-likeness (QED) is 0.572. The first kappa shape index (κ1) is 15.3. The Morgan fingerprint density at radius 2 is 1.48 bits per heavy atom. The molecule has 0 fully saturated rings. The highest BCUT2D eigenvalue weighted by Gasteiger charge is 2.13. The highest BCUT2D eigenvalue weighted by molar-refractivity contribution is 5.91. The first-order chi connectivity index (χ1) is 9.99. The van der Waals surface area contributed by atoms with Crippen molar-refractivity contribution >= 4 is 5.97 Å². The minimum absolute atomic E-state index is 0.307. The number of rotatable bonds is 4. The number of para-hydroxylation sites is 1. The van der Waals surface area contributed by atoms with E-state index in [-0.39, 0.29) is 5.97 Å². The molecule has 0 bridgehead atoms. The van der Waals surface area contributed by atoms with Crippen molar-refractivity contribution < 1.29 is 9.53 Å². The average molecular weight is 282 g/mol. The molecule has 2 heteroatoms. The van der Waals surface area contributed by atoms with Gasteiger partial charge in [0.05, 0.1) is 5.56 Å². The summed E-state index contributed by atoms with van der Waals surface area (Å²) < 4.78 is 5.55. The lowest BCUT2D eigenvalue weighted by Crippen LogP contribution is -2.10. The van der Waals surface area contributed by atoms with E-state index in [0.29, 0.717) is 23.1 Å². The van der Waals surface area contributed by atoms with Gasteiger partial charge in [0.1, 0.15) is 5.75 Å². The Morgan fingerprint density at radius 3 is 2.05 bits per heavy atom. The van der Waals surface area contributed by atoms with Gasteiger partial charge in [0, 0.05) is 0 Å². The van der Waals surface area contributed by atoms with Crippen LogP contribution in [0.15, 0.2) is 48.5 Å². The van der Waals surface area contributed by atoms with Crippen molar-refractivity contribution in [3.05, 3.63) is 65.2 Å². The summed E-state index contributed by atoms with van der Waals surface area (Å²) in [5.74, 6) is 1.11. The summed E-state index contributed by atoms with van der Waals surface area (Å²) in [5.41, 5.74) is 2.84. The van der Waals surface area contributed by atoms with Gasteiger partial charge in [-0.2, -0.15) is 0 Å². The van der Waals surface area contributed by atoms with Gasteiger partial charge in [0.2, 0.25) is 0 Å². The Hall–Kier alpha value is -2.09. The highest BCUT2D eigenvalue weighted by atomic mass is 16.5.